The van der Waals surface area contributed by atoms with E-state index in [1.54, 1.807) is 0 Å². The van der Waals surface area contributed by atoms with Crippen molar-refractivity contribution in [2.24, 2.45) is 0 Å². The third kappa shape index (κ3) is 4.81. The summed E-state index contributed by atoms with van der Waals surface area (Å²) in [7, 11) is 3.93. The summed E-state index contributed by atoms with van der Waals surface area (Å²) < 4.78 is 0. The van der Waals surface area contributed by atoms with Gasteiger partial charge in [-0.2, -0.15) is 0 Å². The lowest BCUT2D eigenvalue weighted by molar-refractivity contribution is -0.136. The van der Waals surface area contributed by atoms with Gasteiger partial charge in [-0.25, -0.2) is 0 Å². The molecule has 1 atom stereocenters. The molecule has 0 heterocycles. The minimum absolute atomic E-state index is 0.0569. The van der Waals surface area contributed by atoms with Crippen LogP contribution in [-0.4, -0.2) is 37.4 Å². The summed E-state index contributed by atoms with van der Waals surface area (Å²) in [6.45, 7) is 4.18. The molecule has 0 aliphatic rings. The van der Waals surface area contributed by atoms with Gasteiger partial charge in [0, 0.05) is 12.2 Å². The van der Waals surface area contributed by atoms with Crippen LogP contribution in [0.3, 0.4) is 0 Å². The predicted octanol–water partition coefficient (Wildman–Crippen LogP) is 3.81. The first kappa shape index (κ1) is 20.6. The maximum absolute atomic E-state index is 12.4. The Balaban J connectivity index is 1.72. The molecule has 2 amide bonds. The van der Waals surface area contributed by atoms with Gasteiger partial charge in [-0.3, -0.25) is 9.59 Å². The van der Waals surface area contributed by atoms with Gasteiger partial charge in [0.2, 0.25) is 0 Å². The van der Waals surface area contributed by atoms with Crippen LogP contribution in [0.5, 0.6) is 0 Å². The van der Waals surface area contributed by atoms with Crippen LogP contribution in [0.25, 0.3) is 10.8 Å². The van der Waals surface area contributed by atoms with E-state index in [0.717, 1.165) is 27.5 Å². The first-order chi connectivity index (χ1) is 13.9. The molecule has 5 nitrogen and oxygen atoms in total. The minimum Gasteiger partial charge on any atom is -0.346 e. The molecule has 0 aliphatic heterocycles. The van der Waals surface area contributed by atoms with Crippen molar-refractivity contribution in [3.63, 3.8) is 0 Å². The van der Waals surface area contributed by atoms with Crippen molar-refractivity contribution in [1.82, 2.24) is 10.2 Å². The molecule has 0 bridgehead atoms. The van der Waals surface area contributed by atoms with Crippen molar-refractivity contribution >= 4 is 28.3 Å². The number of aryl methyl sites for hydroxylation is 2. The Morgan fingerprint density at radius 2 is 1.66 bits per heavy atom. The summed E-state index contributed by atoms with van der Waals surface area (Å²) >= 11 is 0. The van der Waals surface area contributed by atoms with Crippen molar-refractivity contribution in [2.75, 3.05) is 26.0 Å². The molecule has 150 valence electrons. The van der Waals surface area contributed by atoms with Gasteiger partial charge in [-0.1, -0.05) is 54.6 Å². The number of rotatable bonds is 5. The fourth-order valence-electron chi connectivity index (χ4n) is 3.43. The van der Waals surface area contributed by atoms with E-state index in [2.05, 4.69) is 34.9 Å². The fraction of sp³-hybridized carbons (Fsp3) is 0.250. The second-order valence-corrected chi connectivity index (χ2v) is 7.53. The van der Waals surface area contributed by atoms with Crippen molar-refractivity contribution < 1.29 is 9.59 Å². The summed E-state index contributed by atoms with van der Waals surface area (Å²) in [6.07, 6.45) is 0. The molecule has 2 N–H and O–H groups in total. The number of likely N-dealkylation sites (N-methyl/N-ethyl adjacent to an activating group) is 1. The average Bonchev–Trinajstić information content (AvgIpc) is 2.70. The zero-order chi connectivity index (χ0) is 21.0. The van der Waals surface area contributed by atoms with Gasteiger partial charge < -0.3 is 15.5 Å². The van der Waals surface area contributed by atoms with Crippen LogP contribution in [0.1, 0.15) is 22.7 Å². The van der Waals surface area contributed by atoms with Gasteiger partial charge in [0.1, 0.15) is 0 Å². The van der Waals surface area contributed by atoms with Crippen LogP contribution in [0, 0.1) is 13.8 Å². The van der Waals surface area contributed by atoms with E-state index in [-0.39, 0.29) is 6.04 Å². The van der Waals surface area contributed by atoms with Gasteiger partial charge in [-0.15, -0.1) is 0 Å². The molecule has 3 aromatic carbocycles. The summed E-state index contributed by atoms with van der Waals surface area (Å²) in [5, 5.41) is 7.79. The van der Waals surface area contributed by atoms with E-state index >= 15 is 0 Å². The molecule has 0 radical (unpaired) electrons. The quantitative estimate of drug-likeness (QED) is 0.652. The van der Waals surface area contributed by atoms with Gasteiger partial charge >= 0.3 is 11.8 Å². The van der Waals surface area contributed by atoms with Crippen LogP contribution < -0.4 is 10.6 Å². The van der Waals surface area contributed by atoms with Gasteiger partial charge in [0.25, 0.3) is 0 Å². The molecular formula is C24H27N3O2. The highest BCUT2D eigenvalue weighted by molar-refractivity contribution is 6.39. The number of carbonyl (C=O) groups excluding carboxylic acids is 2. The molecule has 0 spiro atoms. The smallest absolute Gasteiger partial charge is 0.313 e. The zero-order valence-corrected chi connectivity index (χ0v) is 17.3. The number of nitrogens with zero attached hydrogens (tertiary/aromatic N) is 1. The van der Waals surface area contributed by atoms with Crippen molar-refractivity contribution in [2.45, 2.75) is 19.9 Å². The summed E-state index contributed by atoms with van der Waals surface area (Å²) in [6, 6.07) is 20.0. The number of nitrogens with one attached hydrogen (secondary N) is 2. The Labute approximate surface area is 171 Å². The Morgan fingerprint density at radius 3 is 2.41 bits per heavy atom. The average molecular weight is 389 g/mol. The van der Waals surface area contributed by atoms with E-state index in [9.17, 15) is 9.59 Å². The standard InChI is InChI=1S/C24H27N3O2/c1-16-12-13-17(2)21(14-16)26-24(29)23(28)25-15-22(27(3)4)20-11-7-9-18-8-5-6-10-19(18)20/h5-14,22H,15H2,1-4H3,(H,25,28)(H,26,29). The summed E-state index contributed by atoms with van der Waals surface area (Å²) in [5.41, 5.74) is 3.71. The molecular weight excluding hydrogens is 362 g/mol. The molecule has 3 rings (SSSR count). The van der Waals surface area contributed by atoms with E-state index in [1.807, 2.05) is 69.2 Å². The lowest BCUT2D eigenvalue weighted by atomic mass is 9.98. The monoisotopic (exact) mass is 389 g/mol. The molecule has 0 saturated carbocycles. The second kappa shape index (κ2) is 8.88. The number of hydrogen-bond donors (Lipinski definition) is 2. The molecule has 1 unspecified atom stereocenters. The van der Waals surface area contributed by atoms with Crippen molar-refractivity contribution in [3.05, 3.63) is 77.4 Å². The first-order valence-corrected chi connectivity index (χ1v) is 9.67. The van der Waals surface area contributed by atoms with Gasteiger partial charge in [0.05, 0.1) is 6.04 Å². The molecule has 3 aromatic rings. The first-order valence-electron chi connectivity index (χ1n) is 9.67. The predicted molar refractivity (Wildman–Crippen MR) is 118 cm³/mol. The van der Waals surface area contributed by atoms with Crippen LogP contribution in [0.15, 0.2) is 60.7 Å². The Kier molecular flexibility index (Phi) is 6.29. The maximum Gasteiger partial charge on any atom is 0.313 e. The van der Waals surface area contributed by atoms with Crippen LogP contribution in [-0.2, 0) is 9.59 Å². The lowest BCUT2D eigenvalue weighted by Gasteiger charge is -2.26. The van der Waals surface area contributed by atoms with E-state index in [4.69, 9.17) is 0 Å². The molecule has 0 fully saturated rings. The third-order valence-corrected chi connectivity index (χ3v) is 5.11. The van der Waals surface area contributed by atoms with Crippen LogP contribution >= 0.6 is 0 Å². The summed E-state index contributed by atoms with van der Waals surface area (Å²) in [5.74, 6) is -1.30. The highest BCUT2D eigenvalue weighted by Crippen LogP contribution is 2.26. The number of amides is 2. The van der Waals surface area contributed by atoms with Gasteiger partial charge in [-0.05, 0) is 61.5 Å². The fourth-order valence-corrected chi connectivity index (χ4v) is 3.43. The highest BCUT2D eigenvalue weighted by Gasteiger charge is 2.20. The summed E-state index contributed by atoms with van der Waals surface area (Å²) in [4.78, 5) is 26.8. The normalized spacial score (nSPS) is 12.0. The molecule has 0 saturated heterocycles. The molecule has 0 aromatic heterocycles. The Morgan fingerprint density at radius 1 is 0.931 bits per heavy atom. The Hall–Kier alpha value is -3.18. The number of fused-ring (bicyclic) bond motifs is 1. The van der Waals surface area contributed by atoms with Crippen molar-refractivity contribution in [1.29, 1.82) is 0 Å². The minimum atomic E-state index is -0.658. The molecule has 5 heteroatoms. The zero-order valence-electron chi connectivity index (χ0n) is 17.3. The van der Waals surface area contributed by atoms with Crippen LogP contribution in [0.2, 0.25) is 0 Å². The third-order valence-electron chi connectivity index (χ3n) is 5.11. The molecule has 29 heavy (non-hydrogen) atoms. The number of benzene rings is 3. The van der Waals surface area contributed by atoms with Gasteiger partial charge in [0.15, 0.2) is 0 Å². The number of hydrogen-bond acceptors (Lipinski definition) is 3. The lowest BCUT2D eigenvalue weighted by Crippen LogP contribution is -2.40. The highest BCUT2D eigenvalue weighted by atomic mass is 16.2. The molecule has 0 aliphatic carbocycles. The maximum atomic E-state index is 12.4. The van der Waals surface area contributed by atoms with Crippen molar-refractivity contribution in [3.8, 4) is 0 Å². The topological polar surface area (TPSA) is 61.4 Å². The second-order valence-electron chi connectivity index (χ2n) is 7.53. The van der Waals surface area contributed by atoms with E-state index in [1.165, 1.54) is 0 Å². The Bertz CT molecular complexity index is 1040. The number of anilines is 1. The largest absolute Gasteiger partial charge is 0.346 e. The van der Waals surface area contributed by atoms with E-state index in [0.29, 0.717) is 12.2 Å². The number of carbonyl (C=O) groups is 2. The SMILES string of the molecule is Cc1ccc(C)c(NC(=O)C(=O)NCC(c2cccc3ccccc23)N(C)C)c1. The van der Waals surface area contributed by atoms with Crippen LogP contribution in [0.4, 0.5) is 5.69 Å². The van der Waals surface area contributed by atoms with E-state index < -0.39 is 11.8 Å².